The average Bonchev–Trinajstić information content (AvgIpc) is 2.72. The number of benzene rings is 2. The first-order chi connectivity index (χ1) is 14.0. The van der Waals surface area contributed by atoms with Crippen molar-refractivity contribution < 1.29 is 19.1 Å². The van der Waals surface area contributed by atoms with Crippen LogP contribution in [-0.4, -0.2) is 30.4 Å². The fourth-order valence-electron chi connectivity index (χ4n) is 3.31. The zero-order valence-electron chi connectivity index (χ0n) is 16.8. The molecule has 1 aliphatic rings. The van der Waals surface area contributed by atoms with Crippen LogP contribution in [0.3, 0.4) is 0 Å². The van der Waals surface area contributed by atoms with Crippen LogP contribution >= 0.6 is 0 Å². The minimum atomic E-state index is -0.981. The second-order valence-corrected chi connectivity index (χ2v) is 7.22. The van der Waals surface area contributed by atoms with Gasteiger partial charge in [-0.15, -0.1) is 0 Å². The molecule has 1 N–H and O–H groups in total. The zero-order valence-corrected chi connectivity index (χ0v) is 16.8. The van der Waals surface area contributed by atoms with Gasteiger partial charge in [-0.2, -0.15) is 0 Å². The maximum atomic E-state index is 12.8. The lowest BCUT2D eigenvalue weighted by molar-refractivity contribution is -0.153. The SMILES string of the molecule is CCCCc1ccc(CC(=O)O[C@H](C)C(=O)N2CC(=O)Nc3ccccc32)cc1. The summed E-state index contributed by atoms with van der Waals surface area (Å²) in [5, 5.41) is 2.73. The van der Waals surface area contributed by atoms with Gasteiger partial charge in [0.25, 0.3) is 5.91 Å². The average molecular weight is 394 g/mol. The quantitative estimate of drug-likeness (QED) is 0.730. The van der Waals surface area contributed by atoms with Gasteiger partial charge in [-0.25, -0.2) is 0 Å². The number of carbonyl (C=O) groups is 3. The van der Waals surface area contributed by atoms with Crippen molar-refractivity contribution in [2.24, 2.45) is 0 Å². The number of fused-ring (bicyclic) bond motifs is 1. The van der Waals surface area contributed by atoms with E-state index in [1.54, 1.807) is 24.3 Å². The molecular weight excluding hydrogens is 368 g/mol. The molecule has 0 aliphatic carbocycles. The maximum Gasteiger partial charge on any atom is 0.311 e. The van der Waals surface area contributed by atoms with E-state index in [4.69, 9.17) is 4.74 Å². The maximum absolute atomic E-state index is 12.8. The summed E-state index contributed by atoms with van der Waals surface area (Å²) in [5.74, 6) is -1.17. The number of aryl methyl sites for hydroxylation is 1. The molecule has 152 valence electrons. The molecule has 0 spiro atoms. The van der Waals surface area contributed by atoms with E-state index in [0.717, 1.165) is 24.8 Å². The van der Waals surface area contributed by atoms with Crippen molar-refractivity contribution in [2.75, 3.05) is 16.8 Å². The number of nitrogens with one attached hydrogen (secondary N) is 1. The lowest BCUT2D eigenvalue weighted by Gasteiger charge is -2.30. The number of ether oxygens (including phenoxy) is 1. The molecule has 6 nitrogen and oxygen atoms in total. The van der Waals surface area contributed by atoms with Gasteiger partial charge < -0.3 is 10.1 Å². The number of hydrogen-bond acceptors (Lipinski definition) is 4. The molecule has 0 saturated carbocycles. The molecule has 2 amide bonds. The van der Waals surface area contributed by atoms with Crippen molar-refractivity contribution in [2.45, 2.75) is 45.6 Å². The van der Waals surface area contributed by atoms with Gasteiger partial charge in [0, 0.05) is 0 Å². The Balaban J connectivity index is 1.59. The molecule has 0 fully saturated rings. The van der Waals surface area contributed by atoms with Crippen molar-refractivity contribution in [1.29, 1.82) is 0 Å². The standard InChI is InChI=1S/C23H26N2O4/c1-3-4-7-17-10-12-18(13-11-17)14-22(27)29-16(2)23(28)25-15-21(26)24-19-8-5-6-9-20(19)25/h5-6,8-13,16H,3-4,7,14-15H2,1-2H3,(H,24,26)/t16-/m1/s1. The Morgan fingerprint density at radius 1 is 1.10 bits per heavy atom. The topological polar surface area (TPSA) is 75.7 Å². The van der Waals surface area contributed by atoms with Crippen LogP contribution in [0.4, 0.5) is 11.4 Å². The minimum Gasteiger partial charge on any atom is -0.452 e. The smallest absolute Gasteiger partial charge is 0.311 e. The molecule has 1 atom stereocenters. The number of nitrogens with zero attached hydrogens (tertiary/aromatic N) is 1. The van der Waals surface area contributed by atoms with Crippen molar-refractivity contribution in [3.05, 3.63) is 59.7 Å². The predicted octanol–water partition coefficient (Wildman–Crippen LogP) is 3.49. The molecule has 1 aliphatic heterocycles. The summed E-state index contributed by atoms with van der Waals surface area (Å²) >= 11 is 0. The number of carbonyl (C=O) groups excluding carboxylic acids is 3. The van der Waals surface area contributed by atoms with E-state index >= 15 is 0 Å². The van der Waals surface area contributed by atoms with Crippen LogP contribution in [0.1, 0.15) is 37.8 Å². The molecule has 0 radical (unpaired) electrons. The van der Waals surface area contributed by atoms with E-state index in [9.17, 15) is 14.4 Å². The Morgan fingerprint density at radius 2 is 1.79 bits per heavy atom. The zero-order chi connectivity index (χ0) is 20.8. The number of esters is 1. The summed E-state index contributed by atoms with van der Waals surface area (Å²) in [6.45, 7) is 3.59. The van der Waals surface area contributed by atoms with Crippen molar-refractivity contribution in [3.8, 4) is 0 Å². The lowest BCUT2D eigenvalue weighted by Crippen LogP contribution is -2.47. The number of amides is 2. The first kappa shape index (κ1) is 20.6. The lowest BCUT2D eigenvalue weighted by atomic mass is 10.1. The van der Waals surface area contributed by atoms with E-state index in [1.165, 1.54) is 17.4 Å². The highest BCUT2D eigenvalue weighted by molar-refractivity contribution is 6.11. The Labute approximate surface area is 170 Å². The number of rotatable bonds is 7. The molecule has 0 aromatic heterocycles. The largest absolute Gasteiger partial charge is 0.452 e. The minimum absolute atomic E-state index is 0.1000. The van der Waals surface area contributed by atoms with Crippen LogP contribution in [0.5, 0.6) is 0 Å². The van der Waals surface area contributed by atoms with E-state index < -0.39 is 18.0 Å². The summed E-state index contributed by atoms with van der Waals surface area (Å²) in [6.07, 6.45) is 2.42. The number of para-hydroxylation sites is 2. The summed E-state index contributed by atoms with van der Waals surface area (Å²) in [6, 6.07) is 14.9. The molecule has 0 unspecified atom stereocenters. The van der Waals surface area contributed by atoms with Crippen LogP contribution in [0.15, 0.2) is 48.5 Å². The number of anilines is 2. The van der Waals surface area contributed by atoms with Gasteiger partial charge in [0.15, 0.2) is 6.10 Å². The van der Waals surface area contributed by atoms with Gasteiger partial charge in [-0.1, -0.05) is 49.7 Å². The second kappa shape index (κ2) is 9.37. The van der Waals surface area contributed by atoms with Crippen molar-refractivity contribution >= 4 is 29.2 Å². The highest BCUT2D eigenvalue weighted by Gasteiger charge is 2.31. The summed E-state index contributed by atoms with van der Waals surface area (Å²) < 4.78 is 5.35. The molecule has 0 saturated heterocycles. The number of hydrogen-bond donors (Lipinski definition) is 1. The van der Waals surface area contributed by atoms with Gasteiger partial charge in [0.05, 0.1) is 17.8 Å². The Hall–Kier alpha value is -3.15. The van der Waals surface area contributed by atoms with Crippen molar-refractivity contribution in [1.82, 2.24) is 0 Å². The van der Waals surface area contributed by atoms with Gasteiger partial charge in [0.2, 0.25) is 5.91 Å². The molecule has 6 heteroatoms. The summed E-state index contributed by atoms with van der Waals surface area (Å²) in [5.41, 5.74) is 3.26. The first-order valence-corrected chi connectivity index (χ1v) is 9.95. The van der Waals surface area contributed by atoms with Crippen LogP contribution in [-0.2, 0) is 32.0 Å². The second-order valence-electron chi connectivity index (χ2n) is 7.22. The molecule has 1 heterocycles. The van der Waals surface area contributed by atoms with Gasteiger partial charge in [0.1, 0.15) is 6.54 Å². The van der Waals surface area contributed by atoms with Gasteiger partial charge in [-0.05, 0) is 43.0 Å². The van der Waals surface area contributed by atoms with Crippen LogP contribution in [0, 0.1) is 0 Å². The first-order valence-electron chi connectivity index (χ1n) is 9.95. The molecule has 2 aromatic carbocycles. The van der Waals surface area contributed by atoms with E-state index in [0.29, 0.717) is 11.4 Å². The van der Waals surface area contributed by atoms with Crippen LogP contribution in [0.25, 0.3) is 0 Å². The van der Waals surface area contributed by atoms with Crippen LogP contribution in [0.2, 0.25) is 0 Å². The highest BCUT2D eigenvalue weighted by Crippen LogP contribution is 2.29. The molecule has 0 bridgehead atoms. The summed E-state index contributed by atoms with van der Waals surface area (Å²) in [7, 11) is 0. The highest BCUT2D eigenvalue weighted by atomic mass is 16.5. The third-order valence-electron chi connectivity index (χ3n) is 4.88. The molecule has 29 heavy (non-hydrogen) atoms. The van der Waals surface area contributed by atoms with E-state index in [2.05, 4.69) is 12.2 Å². The fourth-order valence-corrected chi connectivity index (χ4v) is 3.31. The molecular formula is C23H26N2O4. The molecule has 3 rings (SSSR count). The third-order valence-corrected chi connectivity index (χ3v) is 4.88. The Morgan fingerprint density at radius 3 is 2.52 bits per heavy atom. The Bertz CT molecular complexity index is 892. The number of unbranched alkanes of at least 4 members (excludes halogenated alkanes) is 1. The summed E-state index contributed by atoms with van der Waals surface area (Å²) in [4.78, 5) is 38.4. The van der Waals surface area contributed by atoms with E-state index in [-0.39, 0.29) is 18.9 Å². The molecule has 2 aromatic rings. The normalized spacial score (nSPS) is 14.0. The van der Waals surface area contributed by atoms with Gasteiger partial charge >= 0.3 is 5.97 Å². The monoisotopic (exact) mass is 394 g/mol. The van der Waals surface area contributed by atoms with E-state index in [1.807, 2.05) is 24.3 Å². The Kier molecular flexibility index (Phi) is 6.65. The fraction of sp³-hybridized carbons (Fsp3) is 0.348. The predicted molar refractivity (Wildman–Crippen MR) is 112 cm³/mol. The van der Waals surface area contributed by atoms with Gasteiger partial charge in [-0.3, -0.25) is 19.3 Å². The third kappa shape index (κ3) is 5.22. The van der Waals surface area contributed by atoms with Crippen molar-refractivity contribution in [3.63, 3.8) is 0 Å². The van der Waals surface area contributed by atoms with Crippen LogP contribution < -0.4 is 10.2 Å².